The number of piperazine rings is 1. The molecule has 5 heteroatoms. The van der Waals surface area contributed by atoms with E-state index < -0.39 is 6.04 Å². The van der Waals surface area contributed by atoms with E-state index in [1.165, 1.54) is 0 Å². The Morgan fingerprint density at radius 1 is 0.781 bits per heavy atom. The van der Waals surface area contributed by atoms with Crippen LogP contribution in [0.5, 0.6) is 0 Å². The van der Waals surface area contributed by atoms with Gasteiger partial charge in [-0.3, -0.25) is 14.5 Å². The standard InChI is InChI=1S/C27H29N3O2/c1-20-17-21(2)19-24(18-20)28-26(31)25(22-9-5-3-6-10-22)29-13-15-30(16-14-29)27(32)23-11-7-4-8-12-23/h3-12,17-19,25H,13-16H2,1-2H3,(H,28,31). The van der Waals surface area contributed by atoms with Crippen molar-refractivity contribution in [1.82, 2.24) is 9.80 Å². The van der Waals surface area contributed by atoms with Crippen molar-refractivity contribution in [2.24, 2.45) is 0 Å². The van der Waals surface area contributed by atoms with Crippen molar-refractivity contribution in [3.05, 3.63) is 101 Å². The fraction of sp³-hybridized carbons (Fsp3) is 0.259. The number of amides is 2. The molecule has 2 amide bonds. The molecule has 1 N–H and O–H groups in total. The molecule has 0 aliphatic carbocycles. The van der Waals surface area contributed by atoms with E-state index in [9.17, 15) is 9.59 Å². The fourth-order valence-electron chi connectivity index (χ4n) is 4.37. The molecule has 32 heavy (non-hydrogen) atoms. The van der Waals surface area contributed by atoms with E-state index in [0.717, 1.165) is 22.4 Å². The number of carbonyl (C=O) groups excluding carboxylic acids is 2. The molecular weight excluding hydrogens is 398 g/mol. The molecule has 0 spiro atoms. The van der Waals surface area contributed by atoms with Gasteiger partial charge in [-0.15, -0.1) is 0 Å². The van der Waals surface area contributed by atoms with Gasteiger partial charge < -0.3 is 10.2 Å². The molecule has 5 nitrogen and oxygen atoms in total. The van der Waals surface area contributed by atoms with Gasteiger partial charge in [-0.05, 0) is 54.8 Å². The lowest BCUT2D eigenvalue weighted by Gasteiger charge is -2.38. The van der Waals surface area contributed by atoms with Crippen LogP contribution in [0.2, 0.25) is 0 Å². The number of hydrogen-bond donors (Lipinski definition) is 1. The van der Waals surface area contributed by atoms with E-state index in [-0.39, 0.29) is 11.8 Å². The lowest BCUT2D eigenvalue weighted by Crippen LogP contribution is -2.51. The van der Waals surface area contributed by atoms with Crippen molar-refractivity contribution in [2.75, 3.05) is 31.5 Å². The second kappa shape index (κ2) is 9.79. The van der Waals surface area contributed by atoms with E-state index in [1.807, 2.05) is 91.5 Å². The summed E-state index contributed by atoms with van der Waals surface area (Å²) in [5.41, 5.74) is 4.70. The minimum Gasteiger partial charge on any atom is -0.336 e. The van der Waals surface area contributed by atoms with Crippen LogP contribution in [0.3, 0.4) is 0 Å². The van der Waals surface area contributed by atoms with E-state index >= 15 is 0 Å². The smallest absolute Gasteiger partial charge is 0.253 e. The molecular formula is C27H29N3O2. The van der Waals surface area contributed by atoms with Crippen LogP contribution in [0.4, 0.5) is 5.69 Å². The summed E-state index contributed by atoms with van der Waals surface area (Å²) in [6, 6.07) is 24.9. The molecule has 1 unspecified atom stereocenters. The Morgan fingerprint density at radius 2 is 1.34 bits per heavy atom. The van der Waals surface area contributed by atoms with Crippen molar-refractivity contribution < 1.29 is 9.59 Å². The number of nitrogens with zero attached hydrogens (tertiary/aromatic N) is 2. The van der Waals surface area contributed by atoms with Gasteiger partial charge in [0.2, 0.25) is 5.91 Å². The molecule has 1 saturated heterocycles. The number of hydrogen-bond acceptors (Lipinski definition) is 3. The van der Waals surface area contributed by atoms with Crippen LogP contribution in [-0.4, -0.2) is 47.8 Å². The molecule has 164 valence electrons. The lowest BCUT2D eigenvalue weighted by atomic mass is 10.0. The van der Waals surface area contributed by atoms with Crippen LogP contribution in [-0.2, 0) is 4.79 Å². The van der Waals surface area contributed by atoms with Crippen molar-refractivity contribution in [2.45, 2.75) is 19.9 Å². The zero-order valence-corrected chi connectivity index (χ0v) is 18.6. The van der Waals surface area contributed by atoms with Crippen LogP contribution in [0.1, 0.15) is 33.1 Å². The quantitative estimate of drug-likeness (QED) is 0.655. The molecule has 1 atom stereocenters. The van der Waals surface area contributed by atoms with Crippen LogP contribution in [0.15, 0.2) is 78.9 Å². The summed E-state index contributed by atoms with van der Waals surface area (Å²) in [7, 11) is 0. The first-order chi connectivity index (χ1) is 15.5. The molecule has 1 aliphatic heterocycles. The molecule has 4 rings (SSSR count). The third-order valence-electron chi connectivity index (χ3n) is 5.84. The number of carbonyl (C=O) groups is 2. The Hall–Kier alpha value is -3.44. The average Bonchev–Trinajstić information content (AvgIpc) is 2.80. The molecule has 0 bridgehead atoms. The molecule has 0 saturated carbocycles. The second-order valence-corrected chi connectivity index (χ2v) is 8.37. The Balaban J connectivity index is 1.50. The Labute approximate surface area is 189 Å². The third-order valence-corrected chi connectivity index (χ3v) is 5.84. The summed E-state index contributed by atoms with van der Waals surface area (Å²) < 4.78 is 0. The molecule has 1 aliphatic rings. The summed E-state index contributed by atoms with van der Waals surface area (Å²) >= 11 is 0. The maximum Gasteiger partial charge on any atom is 0.253 e. The number of nitrogens with one attached hydrogen (secondary N) is 1. The molecule has 1 fully saturated rings. The highest BCUT2D eigenvalue weighted by molar-refractivity contribution is 5.96. The molecule has 1 heterocycles. The largest absolute Gasteiger partial charge is 0.336 e. The van der Waals surface area contributed by atoms with Gasteiger partial charge in [0.15, 0.2) is 0 Å². The Bertz CT molecular complexity index is 1050. The monoisotopic (exact) mass is 427 g/mol. The number of aryl methyl sites for hydroxylation is 2. The van der Waals surface area contributed by atoms with Gasteiger partial charge in [0.05, 0.1) is 0 Å². The lowest BCUT2D eigenvalue weighted by molar-refractivity contribution is -0.122. The maximum atomic E-state index is 13.4. The molecule has 3 aromatic carbocycles. The molecule has 3 aromatic rings. The minimum absolute atomic E-state index is 0.0428. The van der Waals surface area contributed by atoms with Gasteiger partial charge in [0, 0.05) is 37.4 Å². The number of benzene rings is 3. The van der Waals surface area contributed by atoms with E-state index in [4.69, 9.17) is 0 Å². The van der Waals surface area contributed by atoms with Gasteiger partial charge in [0.25, 0.3) is 5.91 Å². The van der Waals surface area contributed by atoms with E-state index in [2.05, 4.69) is 16.3 Å². The van der Waals surface area contributed by atoms with E-state index in [1.54, 1.807) is 0 Å². The predicted molar refractivity (Wildman–Crippen MR) is 128 cm³/mol. The minimum atomic E-state index is -0.411. The SMILES string of the molecule is Cc1cc(C)cc(NC(=O)C(c2ccccc2)N2CCN(C(=O)c3ccccc3)CC2)c1. The molecule has 0 radical (unpaired) electrons. The highest BCUT2D eigenvalue weighted by Gasteiger charge is 2.32. The maximum absolute atomic E-state index is 13.4. The first-order valence-corrected chi connectivity index (χ1v) is 11.0. The summed E-state index contributed by atoms with van der Waals surface area (Å²) in [5.74, 6) is -0.00904. The fourth-order valence-corrected chi connectivity index (χ4v) is 4.37. The van der Waals surface area contributed by atoms with E-state index in [0.29, 0.717) is 31.7 Å². The normalized spacial score (nSPS) is 15.2. The van der Waals surface area contributed by atoms with Crippen LogP contribution in [0.25, 0.3) is 0 Å². The van der Waals surface area contributed by atoms with Crippen LogP contribution in [0, 0.1) is 13.8 Å². The average molecular weight is 428 g/mol. The van der Waals surface area contributed by atoms with Gasteiger partial charge in [0.1, 0.15) is 6.04 Å². The first-order valence-electron chi connectivity index (χ1n) is 11.0. The van der Waals surface area contributed by atoms with Crippen molar-refractivity contribution in [3.63, 3.8) is 0 Å². The second-order valence-electron chi connectivity index (χ2n) is 8.37. The van der Waals surface area contributed by atoms with Crippen molar-refractivity contribution in [1.29, 1.82) is 0 Å². The van der Waals surface area contributed by atoms with Gasteiger partial charge in [-0.25, -0.2) is 0 Å². The predicted octanol–water partition coefficient (Wildman–Crippen LogP) is 4.44. The topological polar surface area (TPSA) is 52.7 Å². The zero-order chi connectivity index (χ0) is 22.5. The highest BCUT2D eigenvalue weighted by atomic mass is 16.2. The van der Waals surface area contributed by atoms with Gasteiger partial charge in [-0.1, -0.05) is 54.6 Å². The third kappa shape index (κ3) is 5.06. The highest BCUT2D eigenvalue weighted by Crippen LogP contribution is 2.25. The molecule has 0 aromatic heterocycles. The number of anilines is 1. The summed E-state index contributed by atoms with van der Waals surface area (Å²) in [6.45, 7) is 6.51. The Kier molecular flexibility index (Phi) is 6.66. The first kappa shape index (κ1) is 21.8. The van der Waals surface area contributed by atoms with Crippen molar-refractivity contribution in [3.8, 4) is 0 Å². The Morgan fingerprint density at radius 3 is 1.94 bits per heavy atom. The van der Waals surface area contributed by atoms with Gasteiger partial charge in [-0.2, -0.15) is 0 Å². The summed E-state index contributed by atoms with van der Waals surface area (Å²) in [6.07, 6.45) is 0. The van der Waals surface area contributed by atoms with Crippen LogP contribution >= 0.6 is 0 Å². The number of rotatable bonds is 5. The van der Waals surface area contributed by atoms with Gasteiger partial charge >= 0.3 is 0 Å². The van der Waals surface area contributed by atoms with Crippen molar-refractivity contribution >= 4 is 17.5 Å². The summed E-state index contributed by atoms with van der Waals surface area (Å²) in [4.78, 5) is 30.3. The summed E-state index contributed by atoms with van der Waals surface area (Å²) in [5, 5.41) is 3.12. The van der Waals surface area contributed by atoms with Crippen LogP contribution < -0.4 is 5.32 Å². The zero-order valence-electron chi connectivity index (χ0n) is 18.6.